The summed E-state index contributed by atoms with van der Waals surface area (Å²) in [5, 5.41) is 3.42. The Morgan fingerprint density at radius 2 is 2.08 bits per heavy atom. The van der Waals surface area contributed by atoms with Crippen molar-refractivity contribution in [3.8, 4) is 0 Å². The van der Waals surface area contributed by atoms with E-state index in [4.69, 9.17) is 4.74 Å². The summed E-state index contributed by atoms with van der Waals surface area (Å²) in [6.45, 7) is 6.54. The predicted octanol–water partition coefficient (Wildman–Crippen LogP) is 1.68. The largest absolute Gasteiger partial charge is 0.370 e. The zero-order valence-corrected chi connectivity index (χ0v) is 15.3. The van der Waals surface area contributed by atoms with Crippen molar-refractivity contribution in [1.29, 1.82) is 0 Å². The fourth-order valence-electron chi connectivity index (χ4n) is 4.17. The van der Waals surface area contributed by atoms with Gasteiger partial charge in [-0.05, 0) is 57.6 Å². The summed E-state index contributed by atoms with van der Waals surface area (Å²) in [5.41, 5.74) is 1.16. The molecule has 1 aromatic rings. The van der Waals surface area contributed by atoms with Crippen LogP contribution in [0.25, 0.3) is 0 Å². The molecule has 4 rings (SSSR count). The number of nitrogens with zero attached hydrogens (tertiary/aromatic N) is 2. The number of carbonyl (C=O) groups is 1. The third-order valence-electron chi connectivity index (χ3n) is 5.64. The lowest BCUT2D eigenvalue weighted by atomic mass is 9.83. The average Bonchev–Trinajstić information content (AvgIpc) is 2.93. The maximum Gasteiger partial charge on any atom is 0.263 e. The topological polar surface area (TPSA) is 44.8 Å². The van der Waals surface area contributed by atoms with Gasteiger partial charge in [0, 0.05) is 30.9 Å². The predicted molar refractivity (Wildman–Crippen MR) is 95.8 cm³/mol. The molecule has 2 fully saturated rings. The molecule has 0 aromatic carbocycles. The second-order valence-electron chi connectivity index (χ2n) is 7.24. The van der Waals surface area contributed by atoms with Crippen LogP contribution in [0.15, 0.2) is 6.07 Å². The molecule has 132 valence electrons. The first-order valence-electron chi connectivity index (χ1n) is 9.14. The van der Waals surface area contributed by atoms with Gasteiger partial charge in [0.1, 0.15) is 0 Å². The zero-order chi connectivity index (χ0) is 16.6. The molecule has 4 heterocycles. The van der Waals surface area contributed by atoms with Crippen LogP contribution in [0, 0.1) is 0 Å². The Labute approximate surface area is 148 Å². The van der Waals surface area contributed by atoms with Gasteiger partial charge in [-0.25, -0.2) is 0 Å². The Morgan fingerprint density at radius 1 is 1.25 bits per heavy atom. The van der Waals surface area contributed by atoms with Crippen molar-refractivity contribution in [3.63, 3.8) is 0 Å². The standard InChI is InChI=1S/C18H27N3O2S/c1-20-8-2-9-21(11-10-20)17(22)16-13-14-15(24-16)3-12-23-18(14)4-6-19-7-5-18/h13,19H,2-12H2,1H3. The van der Waals surface area contributed by atoms with Crippen molar-refractivity contribution in [2.24, 2.45) is 0 Å². The van der Waals surface area contributed by atoms with Crippen LogP contribution in [0.4, 0.5) is 0 Å². The van der Waals surface area contributed by atoms with Crippen LogP contribution in [-0.2, 0) is 16.8 Å². The number of likely N-dealkylation sites (N-methyl/N-ethyl adjacent to an activating group) is 1. The lowest BCUT2D eigenvalue weighted by Gasteiger charge is -2.40. The Bertz CT molecular complexity index is 609. The first-order chi connectivity index (χ1) is 11.7. The molecule has 24 heavy (non-hydrogen) atoms. The Balaban J connectivity index is 1.58. The van der Waals surface area contributed by atoms with Gasteiger partial charge in [0.05, 0.1) is 17.1 Å². The summed E-state index contributed by atoms with van der Waals surface area (Å²) in [6, 6.07) is 2.15. The number of fused-ring (bicyclic) bond motifs is 2. The average molecular weight is 350 g/mol. The Hall–Kier alpha value is -0.950. The van der Waals surface area contributed by atoms with Crippen molar-refractivity contribution in [2.45, 2.75) is 31.3 Å². The van der Waals surface area contributed by atoms with Crippen LogP contribution in [0.1, 0.15) is 39.4 Å². The summed E-state index contributed by atoms with van der Waals surface area (Å²) in [7, 11) is 2.13. The zero-order valence-electron chi connectivity index (χ0n) is 14.5. The molecule has 0 aliphatic carbocycles. The van der Waals surface area contributed by atoms with E-state index in [2.05, 4.69) is 23.3 Å². The van der Waals surface area contributed by atoms with E-state index in [1.807, 2.05) is 4.90 Å². The monoisotopic (exact) mass is 349 g/mol. The molecule has 1 amide bonds. The minimum absolute atomic E-state index is 0.146. The van der Waals surface area contributed by atoms with Gasteiger partial charge in [0.2, 0.25) is 0 Å². The van der Waals surface area contributed by atoms with Crippen molar-refractivity contribution < 1.29 is 9.53 Å². The highest BCUT2D eigenvalue weighted by atomic mass is 32.1. The first-order valence-corrected chi connectivity index (χ1v) is 9.95. The quantitative estimate of drug-likeness (QED) is 0.838. The number of amides is 1. The van der Waals surface area contributed by atoms with Gasteiger partial charge in [-0.15, -0.1) is 11.3 Å². The molecule has 1 N–H and O–H groups in total. The van der Waals surface area contributed by atoms with E-state index >= 15 is 0 Å². The molecule has 1 spiro atoms. The second kappa shape index (κ2) is 6.75. The third kappa shape index (κ3) is 3.01. The number of thiophene rings is 1. The molecule has 0 saturated carbocycles. The lowest BCUT2D eigenvalue weighted by molar-refractivity contribution is -0.0792. The fourth-order valence-corrected chi connectivity index (χ4v) is 5.37. The summed E-state index contributed by atoms with van der Waals surface area (Å²) in [4.78, 5) is 19.6. The molecule has 1 aromatic heterocycles. The van der Waals surface area contributed by atoms with E-state index in [9.17, 15) is 4.79 Å². The van der Waals surface area contributed by atoms with E-state index in [1.165, 1.54) is 10.4 Å². The Morgan fingerprint density at radius 3 is 2.92 bits per heavy atom. The van der Waals surface area contributed by atoms with E-state index < -0.39 is 0 Å². The summed E-state index contributed by atoms with van der Waals surface area (Å²) < 4.78 is 6.24. The van der Waals surface area contributed by atoms with Crippen molar-refractivity contribution in [2.75, 3.05) is 52.9 Å². The number of nitrogens with one attached hydrogen (secondary N) is 1. The highest BCUT2D eigenvalue weighted by Crippen LogP contribution is 2.43. The van der Waals surface area contributed by atoms with E-state index in [0.29, 0.717) is 0 Å². The molecular weight excluding hydrogens is 322 g/mol. The number of hydrogen-bond donors (Lipinski definition) is 1. The normalized spacial score (nSPS) is 24.6. The third-order valence-corrected chi connectivity index (χ3v) is 6.82. The van der Waals surface area contributed by atoms with Crippen molar-refractivity contribution in [1.82, 2.24) is 15.1 Å². The van der Waals surface area contributed by atoms with Gasteiger partial charge < -0.3 is 19.9 Å². The van der Waals surface area contributed by atoms with Crippen LogP contribution >= 0.6 is 11.3 Å². The minimum atomic E-state index is -0.146. The molecule has 0 bridgehead atoms. The van der Waals surface area contributed by atoms with Gasteiger partial charge in [-0.3, -0.25) is 4.79 Å². The SMILES string of the molecule is CN1CCCN(C(=O)c2cc3c(s2)CCOC32CCNCC2)CC1. The van der Waals surface area contributed by atoms with Gasteiger partial charge >= 0.3 is 0 Å². The molecule has 0 atom stereocenters. The van der Waals surface area contributed by atoms with Gasteiger partial charge in [0.15, 0.2) is 0 Å². The summed E-state index contributed by atoms with van der Waals surface area (Å²) in [6.07, 6.45) is 4.04. The van der Waals surface area contributed by atoms with Crippen LogP contribution in [-0.4, -0.2) is 68.6 Å². The van der Waals surface area contributed by atoms with Gasteiger partial charge in [0.25, 0.3) is 5.91 Å². The lowest BCUT2D eigenvalue weighted by Crippen LogP contribution is -2.44. The fraction of sp³-hybridized carbons (Fsp3) is 0.722. The van der Waals surface area contributed by atoms with E-state index in [0.717, 1.165) is 76.4 Å². The summed E-state index contributed by atoms with van der Waals surface area (Å²) in [5.74, 6) is 0.216. The highest BCUT2D eigenvalue weighted by molar-refractivity contribution is 7.14. The van der Waals surface area contributed by atoms with Gasteiger partial charge in [-0.2, -0.15) is 0 Å². The summed E-state index contributed by atoms with van der Waals surface area (Å²) >= 11 is 1.71. The first kappa shape index (κ1) is 16.5. The smallest absolute Gasteiger partial charge is 0.263 e. The second-order valence-corrected chi connectivity index (χ2v) is 8.38. The number of piperidine rings is 1. The van der Waals surface area contributed by atoms with Crippen molar-refractivity contribution in [3.05, 3.63) is 21.4 Å². The van der Waals surface area contributed by atoms with Crippen LogP contribution in [0.2, 0.25) is 0 Å². The van der Waals surface area contributed by atoms with E-state index in [-0.39, 0.29) is 11.5 Å². The molecule has 0 radical (unpaired) electrons. The van der Waals surface area contributed by atoms with Gasteiger partial charge in [-0.1, -0.05) is 0 Å². The maximum atomic E-state index is 13.0. The highest BCUT2D eigenvalue weighted by Gasteiger charge is 2.41. The minimum Gasteiger partial charge on any atom is -0.370 e. The number of ether oxygens (including phenoxy) is 1. The van der Waals surface area contributed by atoms with Crippen molar-refractivity contribution >= 4 is 17.2 Å². The number of carbonyl (C=O) groups excluding carboxylic acids is 1. The number of hydrogen-bond acceptors (Lipinski definition) is 5. The van der Waals surface area contributed by atoms with E-state index in [1.54, 1.807) is 11.3 Å². The maximum absolute atomic E-state index is 13.0. The molecular formula is C18H27N3O2S. The molecule has 3 aliphatic heterocycles. The van der Waals surface area contributed by atoms with Crippen LogP contribution in [0.5, 0.6) is 0 Å². The number of rotatable bonds is 1. The molecule has 6 heteroatoms. The molecule has 3 aliphatic rings. The van der Waals surface area contributed by atoms with Crippen LogP contribution < -0.4 is 5.32 Å². The van der Waals surface area contributed by atoms with Crippen LogP contribution in [0.3, 0.4) is 0 Å². The molecule has 5 nitrogen and oxygen atoms in total. The Kier molecular flexibility index (Phi) is 4.64. The molecule has 0 unspecified atom stereocenters. The molecule has 2 saturated heterocycles.